The molecule has 2 N–H and O–H groups in total. The third-order valence-electron chi connectivity index (χ3n) is 5.43. The van der Waals surface area contributed by atoms with Gasteiger partial charge in [0, 0.05) is 43.0 Å². The summed E-state index contributed by atoms with van der Waals surface area (Å²) in [5.74, 6) is 0.256. The number of piperidine rings is 1. The van der Waals surface area contributed by atoms with E-state index in [1.165, 1.54) is 5.56 Å². The van der Waals surface area contributed by atoms with E-state index >= 15 is 0 Å². The monoisotopic (exact) mass is 386 g/mol. The van der Waals surface area contributed by atoms with Crippen molar-refractivity contribution in [3.05, 3.63) is 95.8 Å². The minimum Gasteiger partial charge on any atom is -0.348 e. The largest absolute Gasteiger partial charge is 0.348 e. The zero-order valence-corrected chi connectivity index (χ0v) is 16.4. The molecule has 1 fully saturated rings. The van der Waals surface area contributed by atoms with Gasteiger partial charge in [-0.15, -0.1) is 0 Å². The van der Waals surface area contributed by atoms with Gasteiger partial charge in [-0.2, -0.15) is 5.10 Å². The molecule has 2 atom stereocenters. The lowest BCUT2D eigenvalue weighted by atomic mass is 9.85. The van der Waals surface area contributed by atoms with Crippen molar-refractivity contribution in [1.29, 1.82) is 0 Å². The number of nitrogens with zero attached hydrogens (tertiary/aromatic N) is 2. The molecule has 0 saturated carbocycles. The second-order valence-corrected chi connectivity index (χ2v) is 7.48. The Morgan fingerprint density at radius 1 is 1.10 bits per heavy atom. The number of H-pyrrole nitrogens is 1. The van der Waals surface area contributed by atoms with Crippen LogP contribution in [0, 0.1) is 0 Å². The lowest BCUT2D eigenvalue weighted by Gasteiger charge is -2.39. The fourth-order valence-corrected chi connectivity index (χ4v) is 3.99. The van der Waals surface area contributed by atoms with Crippen LogP contribution in [-0.4, -0.2) is 40.1 Å². The standard InChI is InChI=1S/C24H26N4O/c29-24(12-11-19-7-3-1-4-8-19)26-23-18-28(17-21-13-15-25-27-21)16-14-22(23)20-9-5-2-6-10-20/h1-13,15,22-23H,14,16-18H2,(H,25,27)(H,26,29)/b12-11+/t22-,23-/m0/s1. The van der Waals surface area contributed by atoms with Crippen LogP contribution in [0.4, 0.5) is 0 Å². The average Bonchev–Trinajstić information content (AvgIpc) is 3.27. The molecule has 1 aliphatic heterocycles. The molecule has 148 valence electrons. The number of hydrogen-bond acceptors (Lipinski definition) is 3. The van der Waals surface area contributed by atoms with Crippen LogP contribution in [0.25, 0.3) is 6.08 Å². The molecule has 0 radical (unpaired) electrons. The Balaban J connectivity index is 1.46. The quantitative estimate of drug-likeness (QED) is 0.637. The van der Waals surface area contributed by atoms with Crippen molar-refractivity contribution in [2.75, 3.05) is 13.1 Å². The number of carbonyl (C=O) groups excluding carboxylic acids is 1. The first-order chi connectivity index (χ1) is 14.3. The number of aromatic nitrogens is 2. The number of likely N-dealkylation sites (tertiary alicyclic amines) is 1. The average molecular weight is 386 g/mol. The Labute approximate surface area is 171 Å². The maximum absolute atomic E-state index is 12.7. The molecule has 1 saturated heterocycles. The third kappa shape index (κ3) is 5.21. The van der Waals surface area contributed by atoms with E-state index in [9.17, 15) is 4.79 Å². The molecule has 0 unspecified atom stereocenters. The summed E-state index contributed by atoms with van der Waals surface area (Å²) in [6.45, 7) is 2.61. The number of hydrogen-bond donors (Lipinski definition) is 2. The summed E-state index contributed by atoms with van der Waals surface area (Å²) in [4.78, 5) is 15.0. The van der Waals surface area contributed by atoms with Crippen LogP contribution in [0.2, 0.25) is 0 Å². The van der Waals surface area contributed by atoms with Crippen LogP contribution in [0.1, 0.15) is 29.2 Å². The van der Waals surface area contributed by atoms with Gasteiger partial charge < -0.3 is 5.32 Å². The van der Waals surface area contributed by atoms with Gasteiger partial charge in [0.1, 0.15) is 0 Å². The summed E-state index contributed by atoms with van der Waals surface area (Å²) >= 11 is 0. The number of amides is 1. The molecule has 3 aromatic rings. The molecule has 4 rings (SSSR count). The van der Waals surface area contributed by atoms with Crippen molar-refractivity contribution in [1.82, 2.24) is 20.4 Å². The van der Waals surface area contributed by atoms with Crippen LogP contribution in [0.15, 0.2) is 79.0 Å². The van der Waals surface area contributed by atoms with E-state index in [1.807, 2.05) is 48.5 Å². The lowest BCUT2D eigenvalue weighted by Crippen LogP contribution is -2.51. The van der Waals surface area contributed by atoms with Crippen molar-refractivity contribution in [3.8, 4) is 0 Å². The number of aromatic amines is 1. The molecule has 1 aliphatic rings. The van der Waals surface area contributed by atoms with Gasteiger partial charge in [-0.3, -0.25) is 14.8 Å². The second-order valence-electron chi connectivity index (χ2n) is 7.48. The molecule has 0 bridgehead atoms. The molecule has 5 nitrogen and oxygen atoms in total. The Kier molecular flexibility index (Phi) is 6.17. The first-order valence-corrected chi connectivity index (χ1v) is 10.1. The highest BCUT2D eigenvalue weighted by Gasteiger charge is 2.31. The van der Waals surface area contributed by atoms with Gasteiger partial charge in [-0.05, 0) is 36.2 Å². The smallest absolute Gasteiger partial charge is 0.244 e. The first kappa shape index (κ1) is 19.2. The molecule has 2 heterocycles. The molecule has 0 spiro atoms. The summed E-state index contributed by atoms with van der Waals surface area (Å²) in [6, 6.07) is 22.4. The first-order valence-electron chi connectivity index (χ1n) is 10.1. The highest BCUT2D eigenvalue weighted by Crippen LogP contribution is 2.29. The van der Waals surface area contributed by atoms with Crippen molar-refractivity contribution in [2.24, 2.45) is 0 Å². The summed E-state index contributed by atoms with van der Waals surface area (Å²) in [6.07, 6.45) is 6.27. The van der Waals surface area contributed by atoms with Crippen molar-refractivity contribution < 1.29 is 4.79 Å². The number of nitrogens with one attached hydrogen (secondary N) is 2. The van der Waals surface area contributed by atoms with Gasteiger partial charge in [0.25, 0.3) is 0 Å². The molecule has 2 aromatic carbocycles. The number of benzene rings is 2. The van der Waals surface area contributed by atoms with Crippen molar-refractivity contribution in [2.45, 2.75) is 24.9 Å². The zero-order chi connectivity index (χ0) is 19.9. The van der Waals surface area contributed by atoms with E-state index in [2.05, 4.69) is 44.7 Å². The van der Waals surface area contributed by atoms with Crippen LogP contribution < -0.4 is 5.32 Å². The highest BCUT2D eigenvalue weighted by atomic mass is 16.1. The molecule has 29 heavy (non-hydrogen) atoms. The molecule has 1 amide bonds. The maximum atomic E-state index is 12.7. The van der Waals surface area contributed by atoms with Gasteiger partial charge in [-0.1, -0.05) is 60.7 Å². The van der Waals surface area contributed by atoms with Crippen LogP contribution in [-0.2, 0) is 11.3 Å². The molecular formula is C24H26N4O. The molecule has 1 aromatic heterocycles. The maximum Gasteiger partial charge on any atom is 0.244 e. The van der Waals surface area contributed by atoms with E-state index in [1.54, 1.807) is 12.3 Å². The number of carbonyl (C=O) groups is 1. The van der Waals surface area contributed by atoms with Gasteiger partial charge in [0.05, 0.1) is 0 Å². The van der Waals surface area contributed by atoms with Crippen molar-refractivity contribution in [3.63, 3.8) is 0 Å². The Morgan fingerprint density at radius 3 is 2.59 bits per heavy atom. The van der Waals surface area contributed by atoms with Gasteiger partial charge in [0.15, 0.2) is 0 Å². The van der Waals surface area contributed by atoms with Gasteiger partial charge in [-0.25, -0.2) is 0 Å². The highest BCUT2D eigenvalue weighted by molar-refractivity contribution is 5.92. The zero-order valence-electron chi connectivity index (χ0n) is 16.4. The van der Waals surface area contributed by atoms with Crippen molar-refractivity contribution >= 4 is 12.0 Å². The fourth-order valence-electron chi connectivity index (χ4n) is 3.99. The topological polar surface area (TPSA) is 61.0 Å². The molecular weight excluding hydrogens is 360 g/mol. The summed E-state index contributed by atoms with van der Waals surface area (Å²) in [5, 5.41) is 10.3. The molecule has 0 aliphatic carbocycles. The molecule has 5 heteroatoms. The van der Waals surface area contributed by atoms with E-state index in [0.29, 0.717) is 5.92 Å². The Bertz CT molecular complexity index is 922. The lowest BCUT2D eigenvalue weighted by molar-refractivity contribution is -0.117. The van der Waals surface area contributed by atoms with Gasteiger partial charge >= 0.3 is 0 Å². The predicted octanol–water partition coefficient (Wildman–Crippen LogP) is 3.60. The van der Waals surface area contributed by atoms with E-state index < -0.39 is 0 Å². The SMILES string of the molecule is O=C(/C=C/c1ccccc1)N[C@H]1CN(Cc2ccn[nH]2)CC[C@H]1c1ccccc1. The normalized spacial score (nSPS) is 20.0. The van der Waals surface area contributed by atoms with Crippen LogP contribution >= 0.6 is 0 Å². The fraction of sp³-hybridized carbons (Fsp3) is 0.250. The van der Waals surface area contributed by atoms with Gasteiger partial charge in [0.2, 0.25) is 5.91 Å². The Hall–Kier alpha value is -3.18. The van der Waals surface area contributed by atoms with E-state index in [0.717, 1.165) is 37.3 Å². The van der Waals surface area contributed by atoms with Crippen LogP contribution in [0.5, 0.6) is 0 Å². The minimum absolute atomic E-state index is 0.0526. The summed E-state index contributed by atoms with van der Waals surface area (Å²) < 4.78 is 0. The Morgan fingerprint density at radius 2 is 1.86 bits per heavy atom. The van der Waals surface area contributed by atoms with E-state index in [-0.39, 0.29) is 11.9 Å². The van der Waals surface area contributed by atoms with Crippen LogP contribution in [0.3, 0.4) is 0 Å². The summed E-state index contributed by atoms with van der Waals surface area (Å²) in [5.41, 5.74) is 3.40. The second kappa shape index (κ2) is 9.34. The predicted molar refractivity (Wildman–Crippen MR) is 115 cm³/mol. The summed E-state index contributed by atoms with van der Waals surface area (Å²) in [7, 11) is 0. The van der Waals surface area contributed by atoms with E-state index in [4.69, 9.17) is 0 Å². The minimum atomic E-state index is -0.0526. The third-order valence-corrected chi connectivity index (χ3v) is 5.43. The number of rotatable bonds is 6.